The van der Waals surface area contributed by atoms with Gasteiger partial charge in [0, 0.05) is 12.2 Å². The summed E-state index contributed by atoms with van der Waals surface area (Å²) in [4.78, 5) is 29.8. The van der Waals surface area contributed by atoms with Crippen molar-refractivity contribution in [2.75, 3.05) is 17.2 Å². The number of amides is 2. The zero-order chi connectivity index (χ0) is 15.0. The molecule has 0 N–H and O–H groups in total. The van der Waals surface area contributed by atoms with Crippen LogP contribution in [0.15, 0.2) is 23.2 Å². The van der Waals surface area contributed by atoms with E-state index in [2.05, 4.69) is 4.99 Å². The van der Waals surface area contributed by atoms with Crippen LogP contribution < -0.4 is 4.90 Å². The highest BCUT2D eigenvalue weighted by molar-refractivity contribution is 8.39. The number of benzene rings is 1. The number of imide groups is 1. The monoisotopic (exact) mass is 344 g/mol. The smallest absolute Gasteiger partial charge is 0.247 e. The van der Waals surface area contributed by atoms with Crippen molar-refractivity contribution >= 4 is 57.0 Å². The molecule has 0 bridgehead atoms. The molecule has 0 saturated carbocycles. The van der Waals surface area contributed by atoms with Crippen molar-refractivity contribution in [2.24, 2.45) is 4.99 Å². The zero-order valence-electron chi connectivity index (χ0n) is 10.7. The second kappa shape index (κ2) is 5.98. The number of carbonyl (C=O) groups is 2. The molecule has 110 valence electrons. The molecular weight excluding hydrogens is 335 g/mol. The van der Waals surface area contributed by atoms with Crippen LogP contribution in [-0.2, 0) is 9.59 Å². The number of thioether (sulfide) groups is 2. The number of nitrogens with zero attached hydrogens (tertiary/aromatic N) is 2. The first-order chi connectivity index (χ1) is 10.1. The summed E-state index contributed by atoms with van der Waals surface area (Å²) in [5.74, 6) is -0.275. The number of carbonyl (C=O) groups excluding carboxylic acids is 2. The Balaban J connectivity index is 1.81. The molecule has 1 aromatic carbocycles. The molecule has 21 heavy (non-hydrogen) atoms. The molecule has 0 unspecified atom stereocenters. The van der Waals surface area contributed by atoms with Crippen molar-refractivity contribution in [1.82, 2.24) is 0 Å². The Morgan fingerprint density at radius 3 is 2.90 bits per heavy atom. The Kier molecular flexibility index (Phi) is 4.24. The normalized spacial score (nSPS) is 22.1. The van der Waals surface area contributed by atoms with Crippen molar-refractivity contribution in [3.63, 3.8) is 0 Å². The average molecular weight is 345 g/mol. The molecule has 1 fully saturated rings. The standard InChI is InChI=1S/C13H10ClFN2O2S2/c14-8-5-7(1-2-9(8)15)17-11(18)6-10(12(17)19)21-13-16-3-4-20-13/h1-2,5,10H,3-4,6H2/t10-/m0/s1. The van der Waals surface area contributed by atoms with Crippen LogP contribution in [0.4, 0.5) is 10.1 Å². The van der Waals surface area contributed by atoms with Crippen molar-refractivity contribution in [3.8, 4) is 0 Å². The summed E-state index contributed by atoms with van der Waals surface area (Å²) in [7, 11) is 0. The zero-order valence-corrected chi connectivity index (χ0v) is 13.1. The number of anilines is 1. The van der Waals surface area contributed by atoms with Gasteiger partial charge in [0.2, 0.25) is 11.8 Å². The van der Waals surface area contributed by atoms with Gasteiger partial charge in [0.15, 0.2) is 0 Å². The van der Waals surface area contributed by atoms with E-state index in [-0.39, 0.29) is 23.3 Å². The Bertz CT molecular complexity index is 653. The highest BCUT2D eigenvalue weighted by Gasteiger charge is 2.41. The molecule has 3 rings (SSSR count). The van der Waals surface area contributed by atoms with Crippen LogP contribution in [0, 0.1) is 5.82 Å². The summed E-state index contributed by atoms with van der Waals surface area (Å²) < 4.78 is 14.0. The van der Waals surface area contributed by atoms with Gasteiger partial charge in [-0.15, -0.1) is 0 Å². The summed E-state index contributed by atoms with van der Waals surface area (Å²) in [5.41, 5.74) is 0.306. The van der Waals surface area contributed by atoms with Gasteiger partial charge in [0.25, 0.3) is 0 Å². The number of rotatable bonds is 2. The van der Waals surface area contributed by atoms with E-state index in [1.807, 2.05) is 0 Å². The highest BCUT2D eigenvalue weighted by Crippen LogP contribution is 2.35. The lowest BCUT2D eigenvalue weighted by molar-refractivity contribution is -0.121. The van der Waals surface area contributed by atoms with Crippen LogP contribution in [-0.4, -0.2) is 33.7 Å². The molecule has 1 saturated heterocycles. The van der Waals surface area contributed by atoms with Crippen LogP contribution in [0.25, 0.3) is 0 Å². The largest absolute Gasteiger partial charge is 0.274 e. The molecule has 0 spiro atoms. The fourth-order valence-corrected chi connectivity index (χ4v) is 4.53. The van der Waals surface area contributed by atoms with E-state index in [1.54, 1.807) is 11.8 Å². The third-order valence-electron chi connectivity index (χ3n) is 3.07. The molecule has 2 aliphatic heterocycles. The third-order valence-corrected chi connectivity index (χ3v) is 5.75. The van der Waals surface area contributed by atoms with Gasteiger partial charge in [0.05, 0.1) is 17.3 Å². The van der Waals surface area contributed by atoms with Crippen molar-refractivity contribution in [1.29, 1.82) is 0 Å². The maximum absolute atomic E-state index is 13.2. The fraction of sp³-hybridized carbons (Fsp3) is 0.308. The quantitative estimate of drug-likeness (QED) is 0.774. The predicted molar refractivity (Wildman–Crippen MR) is 84.7 cm³/mol. The maximum Gasteiger partial charge on any atom is 0.247 e. The van der Waals surface area contributed by atoms with Crippen molar-refractivity contribution < 1.29 is 14.0 Å². The van der Waals surface area contributed by atoms with Gasteiger partial charge in [-0.2, -0.15) is 0 Å². The van der Waals surface area contributed by atoms with Gasteiger partial charge < -0.3 is 0 Å². The van der Waals surface area contributed by atoms with Gasteiger partial charge in [0.1, 0.15) is 15.4 Å². The lowest BCUT2D eigenvalue weighted by atomic mass is 10.3. The SMILES string of the molecule is O=C1C[C@H](SC2=NCCS2)C(=O)N1c1ccc(F)c(Cl)c1. The van der Waals surface area contributed by atoms with E-state index < -0.39 is 11.1 Å². The molecule has 4 nitrogen and oxygen atoms in total. The fourth-order valence-electron chi connectivity index (χ4n) is 2.10. The van der Waals surface area contributed by atoms with E-state index in [4.69, 9.17) is 11.6 Å². The van der Waals surface area contributed by atoms with E-state index >= 15 is 0 Å². The number of halogens is 2. The van der Waals surface area contributed by atoms with Gasteiger partial charge in [-0.25, -0.2) is 9.29 Å². The first-order valence-electron chi connectivity index (χ1n) is 6.22. The molecule has 1 aromatic rings. The lowest BCUT2D eigenvalue weighted by Gasteiger charge is -2.15. The Hall–Kier alpha value is -1.05. The minimum Gasteiger partial charge on any atom is -0.274 e. The second-order valence-electron chi connectivity index (χ2n) is 4.47. The van der Waals surface area contributed by atoms with Gasteiger partial charge in [-0.1, -0.05) is 35.1 Å². The Labute approximate surface area is 134 Å². The first-order valence-corrected chi connectivity index (χ1v) is 8.46. The van der Waals surface area contributed by atoms with Crippen molar-refractivity contribution in [2.45, 2.75) is 11.7 Å². The van der Waals surface area contributed by atoms with Crippen LogP contribution in [0.2, 0.25) is 5.02 Å². The first kappa shape index (κ1) is 14.9. The molecule has 2 aliphatic rings. The van der Waals surface area contributed by atoms with Gasteiger partial charge >= 0.3 is 0 Å². The summed E-state index contributed by atoms with van der Waals surface area (Å²) in [5, 5.41) is -0.578. The molecule has 2 amide bonds. The van der Waals surface area contributed by atoms with Crippen LogP contribution >= 0.6 is 35.1 Å². The number of aliphatic imine (C=N–C) groups is 1. The van der Waals surface area contributed by atoms with Gasteiger partial charge in [-0.05, 0) is 18.2 Å². The average Bonchev–Trinajstić information content (AvgIpc) is 3.03. The molecule has 0 radical (unpaired) electrons. The molecule has 1 atom stereocenters. The van der Waals surface area contributed by atoms with Crippen LogP contribution in [0.1, 0.15) is 6.42 Å². The molecule has 2 heterocycles. The van der Waals surface area contributed by atoms with Crippen LogP contribution in [0.5, 0.6) is 0 Å². The second-order valence-corrected chi connectivity index (χ2v) is 7.41. The van der Waals surface area contributed by atoms with Crippen LogP contribution in [0.3, 0.4) is 0 Å². The van der Waals surface area contributed by atoms with Gasteiger partial charge in [-0.3, -0.25) is 14.6 Å². The number of hydrogen-bond donors (Lipinski definition) is 0. The number of hydrogen-bond acceptors (Lipinski definition) is 5. The lowest BCUT2D eigenvalue weighted by Crippen LogP contribution is -2.31. The minimum atomic E-state index is -0.581. The van der Waals surface area contributed by atoms with E-state index in [0.717, 1.165) is 27.6 Å². The van der Waals surface area contributed by atoms with E-state index in [9.17, 15) is 14.0 Å². The van der Waals surface area contributed by atoms with E-state index in [0.29, 0.717) is 5.69 Å². The third kappa shape index (κ3) is 2.95. The van der Waals surface area contributed by atoms with Crippen molar-refractivity contribution in [3.05, 3.63) is 29.0 Å². The minimum absolute atomic E-state index is 0.111. The molecule has 0 aromatic heterocycles. The Morgan fingerprint density at radius 1 is 1.43 bits per heavy atom. The molecular formula is C13H10ClFN2O2S2. The molecule has 0 aliphatic carbocycles. The Morgan fingerprint density at radius 2 is 2.24 bits per heavy atom. The van der Waals surface area contributed by atoms with E-state index in [1.165, 1.54) is 23.9 Å². The summed E-state index contributed by atoms with van der Waals surface area (Å²) in [6.07, 6.45) is 0.123. The topological polar surface area (TPSA) is 49.7 Å². The molecule has 8 heteroatoms. The summed E-state index contributed by atoms with van der Waals surface area (Å²) in [6, 6.07) is 3.82. The predicted octanol–water partition coefficient (Wildman–Crippen LogP) is 2.95. The maximum atomic E-state index is 13.2. The summed E-state index contributed by atoms with van der Waals surface area (Å²) in [6.45, 7) is 0.749. The highest BCUT2D eigenvalue weighted by atomic mass is 35.5. The summed E-state index contributed by atoms with van der Waals surface area (Å²) >= 11 is 8.63.